The first-order valence-corrected chi connectivity index (χ1v) is 14.4. The standard InChI is InChI=1S/C26H38N2O7S/c1-33-22-8-10-23(11-9-22)36(31,32)28(14-16-29)15-17-34-25-19-21(20-6-5-7-20)18-24(35-25)26(30)27-12-3-2-4-13-27/h8-11,18,20-21,25,29H,2-7,12-17,19H2,1H3/t21-,25+/m0/s1. The van der Waals surface area contributed by atoms with Crippen LogP contribution in [0, 0.1) is 11.8 Å². The molecular weight excluding hydrogens is 484 g/mol. The van der Waals surface area contributed by atoms with Crippen molar-refractivity contribution in [1.29, 1.82) is 0 Å². The van der Waals surface area contributed by atoms with Gasteiger partial charge in [-0.2, -0.15) is 4.31 Å². The van der Waals surface area contributed by atoms with Gasteiger partial charge in [0.25, 0.3) is 5.91 Å². The maximum absolute atomic E-state index is 13.1. The van der Waals surface area contributed by atoms with Crippen LogP contribution in [0.3, 0.4) is 0 Å². The molecule has 2 aliphatic heterocycles. The number of allylic oxidation sites excluding steroid dienone is 1. The molecule has 0 radical (unpaired) electrons. The van der Waals surface area contributed by atoms with Gasteiger partial charge in [-0.1, -0.05) is 6.42 Å². The Labute approximate surface area is 214 Å². The second-order valence-corrected chi connectivity index (χ2v) is 11.6. The molecule has 1 aliphatic carbocycles. The Morgan fingerprint density at radius 2 is 1.83 bits per heavy atom. The van der Waals surface area contributed by atoms with Gasteiger partial charge in [0, 0.05) is 32.6 Å². The van der Waals surface area contributed by atoms with Crippen molar-refractivity contribution >= 4 is 15.9 Å². The number of hydrogen-bond donors (Lipinski definition) is 1. The highest BCUT2D eigenvalue weighted by Crippen LogP contribution is 2.40. The zero-order valence-corrected chi connectivity index (χ0v) is 21.8. The Bertz CT molecular complexity index is 1000. The topological polar surface area (TPSA) is 106 Å². The van der Waals surface area contributed by atoms with Gasteiger partial charge in [-0.15, -0.1) is 0 Å². The van der Waals surface area contributed by atoms with E-state index >= 15 is 0 Å². The van der Waals surface area contributed by atoms with E-state index in [4.69, 9.17) is 14.2 Å². The summed E-state index contributed by atoms with van der Waals surface area (Å²) in [5, 5.41) is 9.48. The summed E-state index contributed by atoms with van der Waals surface area (Å²) in [6.45, 7) is 1.28. The van der Waals surface area contributed by atoms with E-state index in [1.165, 1.54) is 30.0 Å². The Morgan fingerprint density at radius 3 is 2.44 bits per heavy atom. The largest absolute Gasteiger partial charge is 0.497 e. The van der Waals surface area contributed by atoms with E-state index < -0.39 is 16.3 Å². The maximum atomic E-state index is 13.1. The number of likely N-dealkylation sites (tertiary alicyclic amines) is 1. The zero-order chi connectivity index (χ0) is 25.5. The van der Waals surface area contributed by atoms with Gasteiger partial charge in [0.1, 0.15) is 5.75 Å². The van der Waals surface area contributed by atoms with E-state index in [1.54, 1.807) is 12.1 Å². The summed E-state index contributed by atoms with van der Waals surface area (Å²) in [7, 11) is -2.31. The molecule has 9 nitrogen and oxygen atoms in total. The fourth-order valence-electron chi connectivity index (χ4n) is 5.03. The number of aliphatic hydroxyl groups is 1. The van der Waals surface area contributed by atoms with Crippen LogP contribution < -0.4 is 4.74 Å². The molecule has 1 N–H and O–H groups in total. The molecular formula is C26H38N2O7S. The number of carbonyl (C=O) groups excluding carboxylic acids is 1. The molecule has 200 valence electrons. The monoisotopic (exact) mass is 522 g/mol. The number of aliphatic hydroxyl groups excluding tert-OH is 1. The second-order valence-electron chi connectivity index (χ2n) is 9.70. The molecule has 2 fully saturated rings. The van der Waals surface area contributed by atoms with Crippen LogP contribution in [0.2, 0.25) is 0 Å². The molecule has 10 heteroatoms. The van der Waals surface area contributed by atoms with Gasteiger partial charge in [0.05, 0.1) is 25.2 Å². The fourth-order valence-corrected chi connectivity index (χ4v) is 6.45. The summed E-state index contributed by atoms with van der Waals surface area (Å²) < 4.78 is 44.6. The summed E-state index contributed by atoms with van der Waals surface area (Å²) in [6, 6.07) is 6.14. The Kier molecular flexibility index (Phi) is 9.27. The minimum atomic E-state index is -3.82. The molecule has 2 heterocycles. The van der Waals surface area contributed by atoms with Gasteiger partial charge in [-0.3, -0.25) is 4.79 Å². The number of amides is 1. The molecule has 0 aromatic heterocycles. The van der Waals surface area contributed by atoms with Gasteiger partial charge >= 0.3 is 0 Å². The van der Waals surface area contributed by atoms with Crippen LogP contribution in [-0.2, 0) is 24.3 Å². The van der Waals surface area contributed by atoms with Crippen LogP contribution in [0.1, 0.15) is 44.9 Å². The van der Waals surface area contributed by atoms with Crippen molar-refractivity contribution < 1.29 is 32.5 Å². The number of carbonyl (C=O) groups is 1. The van der Waals surface area contributed by atoms with Crippen molar-refractivity contribution in [2.45, 2.75) is 56.1 Å². The number of hydrogen-bond acceptors (Lipinski definition) is 7. The summed E-state index contributed by atoms with van der Waals surface area (Å²) in [6.07, 6.45) is 8.68. The molecule has 1 aromatic carbocycles. The van der Waals surface area contributed by atoms with Gasteiger partial charge in [-0.25, -0.2) is 8.42 Å². The summed E-state index contributed by atoms with van der Waals surface area (Å²) >= 11 is 0. The number of methoxy groups -OCH3 is 1. The van der Waals surface area contributed by atoms with E-state index in [0.29, 0.717) is 23.8 Å². The Hall–Kier alpha value is -2.14. The number of rotatable bonds is 11. The number of piperidine rings is 1. The molecule has 0 bridgehead atoms. The molecule has 0 spiro atoms. The van der Waals surface area contributed by atoms with Crippen LogP contribution in [0.15, 0.2) is 41.0 Å². The van der Waals surface area contributed by atoms with Crippen LogP contribution in [0.4, 0.5) is 0 Å². The zero-order valence-electron chi connectivity index (χ0n) is 21.0. The first kappa shape index (κ1) is 26.9. The second kappa shape index (κ2) is 12.4. The minimum Gasteiger partial charge on any atom is -0.497 e. The van der Waals surface area contributed by atoms with Gasteiger partial charge in [0.2, 0.25) is 16.3 Å². The molecule has 4 rings (SSSR count). The molecule has 1 saturated carbocycles. The predicted octanol–water partition coefficient (Wildman–Crippen LogP) is 2.75. The molecule has 0 unspecified atom stereocenters. The third-order valence-electron chi connectivity index (χ3n) is 7.39. The van der Waals surface area contributed by atoms with Crippen molar-refractivity contribution in [1.82, 2.24) is 9.21 Å². The van der Waals surface area contributed by atoms with Crippen LogP contribution in [0.25, 0.3) is 0 Å². The normalized spacial score (nSPS) is 23.1. The lowest BCUT2D eigenvalue weighted by Crippen LogP contribution is -2.41. The minimum absolute atomic E-state index is 0.0491. The van der Waals surface area contributed by atoms with Gasteiger partial charge < -0.3 is 24.2 Å². The molecule has 36 heavy (non-hydrogen) atoms. The Balaban J connectivity index is 1.39. The lowest BCUT2D eigenvalue weighted by Gasteiger charge is -2.38. The van der Waals surface area contributed by atoms with Gasteiger partial charge in [0.15, 0.2) is 5.76 Å². The maximum Gasteiger partial charge on any atom is 0.288 e. The quantitative estimate of drug-likeness (QED) is 0.476. The van der Waals surface area contributed by atoms with Crippen molar-refractivity contribution in [3.8, 4) is 5.75 Å². The van der Waals surface area contributed by atoms with Crippen molar-refractivity contribution in [2.24, 2.45) is 11.8 Å². The third kappa shape index (κ3) is 6.40. The van der Waals surface area contributed by atoms with Crippen LogP contribution in [0.5, 0.6) is 5.75 Å². The highest BCUT2D eigenvalue weighted by Gasteiger charge is 2.36. The average Bonchev–Trinajstić information content (AvgIpc) is 2.87. The Morgan fingerprint density at radius 1 is 1.11 bits per heavy atom. The van der Waals surface area contributed by atoms with E-state index in [1.807, 2.05) is 11.0 Å². The predicted molar refractivity (Wildman–Crippen MR) is 134 cm³/mol. The number of sulfonamides is 1. The molecule has 1 aromatic rings. The molecule has 1 saturated heterocycles. The smallest absolute Gasteiger partial charge is 0.288 e. The van der Waals surface area contributed by atoms with Crippen LogP contribution in [-0.4, -0.2) is 81.4 Å². The van der Waals surface area contributed by atoms with Crippen molar-refractivity contribution in [2.75, 3.05) is 46.5 Å². The summed E-state index contributed by atoms with van der Waals surface area (Å²) in [5.41, 5.74) is 0. The first-order chi connectivity index (χ1) is 17.4. The van der Waals surface area contributed by atoms with E-state index in [-0.39, 0.29) is 43.0 Å². The van der Waals surface area contributed by atoms with Crippen molar-refractivity contribution in [3.05, 3.63) is 36.1 Å². The summed E-state index contributed by atoms with van der Waals surface area (Å²) in [5.74, 6) is 1.60. The van der Waals surface area contributed by atoms with Gasteiger partial charge in [-0.05, 0) is 74.3 Å². The van der Waals surface area contributed by atoms with Crippen molar-refractivity contribution in [3.63, 3.8) is 0 Å². The summed E-state index contributed by atoms with van der Waals surface area (Å²) in [4.78, 5) is 15.1. The molecule has 3 aliphatic rings. The third-order valence-corrected chi connectivity index (χ3v) is 9.30. The molecule has 2 atom stereocenters. The lowest BCUT2D eigenvalue weighted by atomic mass is 9.73. The van der Waals surface area contributed by atoms with E-state index in [9.17, 15) is 18.3 Å². The lowest BCUT2D eigenvalue weighted by molar-refractivity contribution is -0.158. The highest BCUT2D eigenvalue weighted by atomic mass is 32.2. The SMILES string of the molecule is COc1ccc(S(=O)(=O)N(CCO)CCO[C@H]2C[C@@H](C3CCC3)C=C(C(=O)N3CCCCC3)O2)cc1. The fraction of sp³-hybridized carbons (Fsp3) is 0.654. The highest BCUT2D eigenvalue weighted by molar-refractivity contribution is 7.89. The number of ether oxygens (including phenoxy) is 3. The van der Waals surface area contributed by atoms with Crippen LogP contribution >= 0.6 is 0 Å². The first-order valence-electron chi connectivity index (χ1n) is 13.0. The number of benzene rings is 1. The number of nitrogens with zero attached hydrogens (tertiary/aromatic N) is 2. The van der Waals surface area contributed by atoms with E-state index in [0.717, 1.165) is 45.2 Å². The average molecular weight is 523 g/mol. The van der Waals surface area contributed by atoms with E-state index in [2.05, 4.69) is 0 Å². The molecule has 1 amide bonds.